The molecule has 0 amide bonds. The molecule has 0 unspecified atom stereocenters. The molecule has 0 bridgehead atoms. The number of rotatable bonds is 6. The number of thioether (sulfide) groups is 1. The van der Waals surface area contributed by atoms with Gasteiger partial charge in [0.1, 0.15) is 4.90 Å². The van der Waals surface area contributed by atoms with E-state index in [9.17, 15) is 13.2 Å². The average molecular weight is 372 g/mol. The van der Waals surface area contributed by atoms with Crippen molar-refractivity contribution in [2.24, 2.45) is 5.14 Å². The Hall–Kier alpha value is -1.48. The van der Waals surface area contributed by atoms with E-state index in [1.807, 2.05) is 6.92 Å². The number of ketones is 1. The first-order chi connectivity index (χ1) is 10.8. The van der Waals surface area contributed by atoms with E-state index >= 15 is 0 Å². The molecule has 0 fully saturated rings. The van der Waals surface area contributed by atoms with Crippen LogP contribution in [0.3, 0.4) is 0 Å². The van der Waals surface area contributed by atoms with Gasteiger partial charge < -0.3 is 0 Å². The Balaban J connectivity index is 2.11. The zero-order valence-electron chi connectivity index (χ0n) is 12.2. The lowest BCUT2D eigenvalue weighted by molar-refractivity contribution is 0.102. The lowest BCUT2D eigenvalue weighted by atomic mass is 10.1. The van der Waals surface area contributed by atoms with E-state index in [1.54, 1.807) is 12.4 Å². The van der Waals surface area contributed by atoms with Gasteiger partial charge in [-0.1, -0.05) is 30.3 Å². The van der Waals surface area contributed by atoms with E-state index in [1.165, 1.54) is 30.0 Å². The van der Waals surface area contributed by atoms with Crippen molar-refractivity contribution in [3.63, 3.8) is 0 Å². The molecule has 9 heteroatoms. The number of aromatic nitrogens is 2. The molecule has 2 rings (SSSR count). The van der Waals surface area contributed by atoms with Crippen LogP contribution in [0, 0.1) is 0 Å². The van der Waals surface area contributed by atoms with Crippen LogP contribution in [0.4, 0.5) is 0 Å². The van der Waals surface area contributed by atoms with Gasteiger partial charge in [0.05, 0.1) is 10.8 Å². The summed E-state index contributed by atoms with van der Waals surface area (Å²) >= 11 is 6.97. The van der Waals surface area contributed by atoms with Gasteiger partial charge >= 0.3 is 0 Å². The second-order valence-corrected chi connectivity index (χ2v) is 7.51. The summed E-state index contributed by atoms with van der Waals surface area (Å²) in [7, 11) is -3.98. The average Bonchev–Trinajstić information content (AvgIpc) is 2.52. The normalized spacial score (nSPS) is 11.4. The van der Waals surface area contributed by atoms with Crippen LogP contribution >= 0.6 is 23.4 Å². The summed E-state index contributed by atoms with van der Waals surface area (Å²) in [5.41, 5.74) is 1.23. The molecule has 23 heavy (non-hydrogen) atoms. The van der Waals surface area contributed by atoms with E-state index < -0.39 is 10.0 Å². The molecule has 2 N–H and O–H groups in total. The van der Waals surface area contributed by atoms with Crippen molar-refractivity contribution < 1.29 is 13.2 Å². The summed E-state index contributed by atoms with van der Waals surface area (Å²) < 4.78 is 22.9. The molecule has 0 aliphatic heterocycles. The number of aryl methyl sites for hydroxylation is 1. The summed E-state index contributed by atoms with van der Waals surface area (Å²) in [6, 6.07) is 3.98. The number of nitrogens with zero attached hydrogens (tertiary/aromatic N) is 2. The second kappa shape index (κ2) is 7.39. The highest BCUT2D eigenvalue weighted by atomic mass is 35.5. The fourth-order valence-electron chi connectivity index (χ4n) is 1.71. The van der Waals surface area contributed by atoms with Crippen LogP contribution in [0.1, 0.15) is 22.8 Å². The molecule has 0 atom stereocenters. The number of nitrogens with two attached hydrogens (primary N) is 1. The zero-order chi connectivity index (χ0) is 17.0. The van der Waals surface area contributed by atoms with Crippen molar-refractivity contribution in [1.29, 1.82) is 0 Å². The number of primary sulfonamides is 1. The number of carbonyl (C=O) groups excluding carboxylic acids is 1. The smallest absolute Gasteiger partial charge is 0.239 e. The molecule has 1 aromatic heterocycles. The molecule has 1 aromatic carbocycles. The molecular weight excluding hydrogens is 358 g/mol. The van der Waals surface area contributed by atoms with Crippen LogP contribution in [0.2, 0.25) is 5.02 Å². The first-order valence-corrected chi connectivity index (χ1v) is 9.51. The van der Waals surface area contributed by atoms with Gasteiger partial charge in [0.15, 0.2) is 10.9 Å². The number of hydrogen-bond acceptors (Lipinski definition) is 6. The monoisotopic (exact) mass is 371 g/mol. The third kappa shape index (κ3) is 4.74. The molecule has 122 valence electrons. The molecule has 0 saturated heterocycles. The Morgan fingerprint density at radius 2 is 1.96 bits per heavy atom. The van der Waals surface area contributed by atoms with Crippen LogP contribution in [0.25, 0.3) is 0 Å². The van der Waals surface area contributed by atoms with Gasteiger partial charge in [0.2, 0.25) is 10.0 Å². The van der Waals surface area contributed by atoms with Crippen LogP contribution in [0.5, 0.6) is 0 Å². The molecule has 0 saturated carbocycles. The molecule has 0 spiro atoms. The predicted octanol–water partition coefficient (Wildman–Crippen LogP) is 2.31. The van der Waals surface area contributed by atoms with Crippen LogP contribution in [-0.4, -0.2) is 29.9 Å². The first-order valence-electron chi connectivity index (χ1n) is 6.60. The SMILES string of the molecule is CCc1cnc(SCC(=O)c2ccc(Cl)c(S(N)(=O)=O)c2)nc1. The van der Waals surface area contributed by atoms with E-state index in [-0.39, 0.29) is 27.0 Å². The largest absolute Gasteiger partial charge is 0.293 e. The Labute approximate surface area is 143 Å². The van der Waals surface area contributed by atoms with Gasteiger partial charge in [-0.2, -0.15) is 0 Å². The van der Waals surface area contributed by atoms with Crippen LogP contribution < -0.4 is 5.14 Å². The maximum Gasteiger partial charge on any atom is 0.239 e. The van der Waals surface area contributed by atoms with E-state index in [0.29, 0.717) is 5.16 Å². The third-order valence-corrected chi connectivity index (χ3v) is 5.25. The number of Topliss-reactive ketones (excluding diaryl/α,β-unsaturated/α-hetero) is 1. The van der Waals surface area contributed by atoms with E-state index in [2.05, 4.69) is 9.97 Å². The molecule has 2 aromatic rings. The Morgan fingerprint density at radius 1 is 1.30 bits per heavy atom. The topological polar surface area (TPSA) is 103 Å². The molecule has 6 nitrogen and oxygen atoms in total. The van der Waals surface area contributed by atoms with Crippen molar-refractivity contribution in [2.75, 3.05) is 5.75 Å². The minimum Gasteiger partial charge on any atom is -0.293 e. The minimum atomic E-state index is -3.98. The summed E-state index contributed by atoms with van der Waals surface area (Å²) in [4.78, 5) is 20.2. The van der Waals surface area contributed by atoms with Crippen LogP contribution in [0.15, 0.2) is 40.6 Å². The molecule has 1 heterocycles. The van der Waals surface area contributed by atoms with Gasteiger partial charge in [-0.25, -0.2) is 23.5 Å². The highest BCUT2D eigenvalue weighted by Crippen LogP contribution is 2.23. The van der Waals surface area contributed by atoms with Gasteiger partial charge in [0.25, 0.3) is 0 Å². The number of carbonyl (C=O) groups is 1. The van der Waals surface area contributed by atoms with Gasteiger partial charge in [-0.15, -0.1) is 0 Å². The fraction of sp³-hybridized carbons (Fsp3) is 0.214. The number of hydrogen-bond donors (Lipinski definition) is 1. The second-order valence-electron chi connectivity index (χ2n) is 4.63. The Kier molecular flexibility index (Phi) is 5.74. The van der Waals surface area contributed by atoms with Crippen molar-refractivity contribution in [1.82, 2.24) is 9.97 Å². The van der Waals surface area contributed by atoms with Crippen LogP contribution in [-0.2, 0) is 16.4 Å². The van der Waals surface area contributed by atoms with Crippen molar-refractivity contribution in [3.8, 4) is 0 Å². The first kappa shape index (κ1) is 17.9. The van der Waals surface area contributed by atoms with Gasteiger partial charge in [-0.3, -0.25) is 4.79 Å². The maximum absolute atomic E-state index is 12.2. The highest BCUT2D eigenvalue weighted by molar-refractivity contribution is 7.99. The van der Waals surface area contributed by atoms with E-state index in [0.717, 1.165) is 12.0 Å². The summed E-state index contributed by atoms with van der Waals surface area (Å²) in [5, 5.41) is 5.53. The third-order valence-electron chi connectivity index (χ3n) is 2.98. The quantitative estimate of drug-likeness (QED) is 0.474. The van der Waals surface area contributed by atoms with Crippen molar-refractivity contribution >= 4 is 39.2 Å². The van der Waals surface area contributed by atoms with Crippen molar-refractivity contribution in [2.45, 2.75) is 23.4 Å². The standard InChI is InChI=1S/C14H14ClN3O3S2/c1-2-9-6-17-14(18-7-9)22-8-12(19)10-3-4-11(15)13(5-10)23(16,20)21/h3-7H,2,8H2,1H3,(H2,16,20,21). The lowest BCUT2D eigenvalue weighted by Gasteiger charge is -2.05. The lowest BCUT2D eigenvalue weighted by Crippen LogP contribution is -2.14. The zero-order valence-corrected chi connectivity index (χ0v) is 14.6. The Bertz CT molecular complexity index is 824. The molecule has 0 aliphatic rings. The molecule has 0 radical (unpaired) electrons. The number of benzene rings is 1. The molecule has 0 aliphatic carbocycles. The minimum absolute atomic E-state index is 0.0183. The van der Waals surface area contributed by atoms with Gasteiger partial charge in [0, 0.05) is 18.0 Å². The summed E-state index contributed by atoms with van der Waals surface area (Å²) in [6.45, 7) is 2.00. The Morgan fingerprint density at radius 3 is 2.52 bits per heavy atom. The summed E-state index contributed by atoms with van der Waals surface area (Å²) in [5.74, 6) is -0.184. The number of halogens is 1. The van der Waals surface area contributed by atoms with Gasteiger partial charge in [-0.05, 0) is 30.2 Å². The highest BCUT2D eigenvalue weighted by Gasteiger charge is 2.16. The summed E-state index contributed by atoms with van der Waals surface area (Å²) in [6.07, 6.45) is 4.26. The number of sulfonamides is 1. The molecular formula is C14H14ClN3O3S2. The van der Waals surface area contributed by atoms with E-state index in [4.69, 9.17) is 16.7 Å². The fourth-order valence-corrected chi connectivity index (χ4v) is 3.46. The van der Waals surface area contributed by atoms with Crippen molar-refractivity contribution in [3.05, 3.63) is 46.7 Å². The predicted molar refractivity (Wildman–Crippen MR) is 89.3 cm³/mol. The maximum atomic E-state index is 12.2.